The summed E-state index contributed by atoms with van der Waals surface area (Å²) in [7, 11) is 1.91. The van der Waals surface area contributed by atoms with Crippen LogP contribution in [0.3, 0.4) is 0 Å². The van der Waals surface area contributed by atoms with Gasteiger partial charge >= 0.3 is 0 Å². The van der Waals surface area contributed by atoms with Crippen molar-refractivity contribution in [2.24, 2.45) is 16.8 Å². The van der Waals surface area contributed by atoms with Gasteiger partial charge in [0.25, 0.3) is 0 Å². The molecule has 3 nitrogen and oxygen atoms in total. The van der Waals surface area contributed by atoms with E-state index in [9.17, 15) is 0 Å². The summed E-state index contributed by atoms with van der Waals surface area (Å²) in [6.07, 6.45) is 6.74. The minimum atomic E-state index is 0. The smallest absolute Gasteiger partial charge is 0.193 e. The van der Waals surface area contributed by atoms with E-state index in [4.69, 9.17) is 0 Å². The molecule has 1 heterocycles. The maximum absolute atomic E-state index is 4.51. The fourth-order valence-corrected chi connectivity index (χ4v) is 4.10. The summed E-state index contributed by atoms with van der Waals surface area (Å²) in [6, 6.07) is 8.78. The number of hydrogen-bond donors (Lipinski definition) is 1. The van der Waals surface area contributed by atoms with Gasteiger partial charge in [-0.3, -0.25) is 4.99 Å². The molecule has 2 aliphatic rings. The second kappa shape index (κ2) is 8.90. The molecule has 0 aromatic heterocycles. The Kier molecular flexibility index (Phi) is 7.18. The van der Waals surface area contributed by atoms with Gasteiger partial charge in [-0.2, -0.15) is 0 Å². The molecule has 1 aliphatic heterocycles. The van der Waals surface area contributed by atoms with E-state index < -0.39 is 0 Å². The number of likely N-dealkylation sites (tertiary alicyclic amines) is 1. The summed E-state index contributed by atoms with van der Waals surface area (Å²) in [4.78, 5) is 6.99. The number of benzene rings is 1. The van der Waals surface area contributed by atoms with Gasteiger partial charge in [0.05, 0.1) is 0 Å². The minimum Gasteiger partial charge on any atom is -0.356 e. The number of aliphatic imine (C=N–C) groups is 1. The van der Waals surface area contributed by atoms with E-state index in [0.29, 0.717) is 0 Å². The molecule has 2 atom stereocenters. The lowest BCUT2D eigenvalue weighted by molar-refractivity contribution is 0.299. The van der Waals surface area contributed by atoms with Crippen LogP contribution in [0.25, 0.3) is 0 Å². The zero-order valence-electron chi connectivity index (χ0n) is 14.4. The number of hydrogen-bond acceptors (Lipinski definition) is 1. The van der Waals surface area contributed by atoms with Crippen LogP contribution in [0, 0.1) is 18.8 Å². The average molecular weight is 427 g/mol. The predicted octanol–water partition coefficient (Wildman–Crippen LogP) is 3.85. The van der Waals surface area contributed by atoms with E-state index in [1.54, 1.807) is 0 Å². The van der Waals surface area contributed by atoms with Crippen molar-refractivity contribution in [3.05, 3.63) is 35.4 Å². The standard InChI is InChI=1S/C19H29N3.HI/c1-15-6-5-7-16(12-15)10-11-21-19(20-2)22-13-17-8-3-4-9-18(17)14-22;/h5-7,12,17-18H,3-4,8-11,13-14H2,1-2H3,(H,20,21);1H. The maximum Gasteiger partial charge on any atom is 0.193 e. The molecule has 1 saturated carbocycles. The molecule has 1 aromatic carbocycles. The van der Waals surface area contributed by atoms with Crippen molar-refractivity contribution in [3.8, 4) is 0 Å². The first-order valence-corrected chi connectivity index (χ1v) is 8.77. The summed E-state index contributed by atoms with van der Waals surface area (Å²) in [5.74, 6) is 2.91. The third kappa shape index (κ3) is 4.85. The Morgan fingerprint density at radius 1 is 1.22 bits per heavy atom. The monoisotopic (exact) mass is 427 g/mol. The molecule has 4 heteroatoms. The highest BCUT2D eigenvalue weighted by atomic mass is 127. The molecule has 0 bridgehead atoms. The summed E-state index contributed by atoms with van der Waals surface area (Å²) < 4.78 is 0. The molecule has 23 heavy (non-hydrogen) atoms. The number of guanidine groups is 1. The van der Waals surface area contributed by atoms with Crippen LogP contribution in [0.1, 0.15) is 36.8 Å². The van der Waals surface area contributed by atoms with Crippen LogP contribution in [-0.4, -0.2) is 37.5 Å². The van der Waals surface area contributed by atoms with E-state index in [-0.39, 0.29) is 24.0 Å². The second-order valence-corrected chi connectivity index (χ2v) is 6.92. The molecule has 0 radical (unpaired) electrons. The topological polar surface area (TPSA) is 27.6 Å². The number of halogens is 1. The van der Waals surface area contributed by atoms with E-state index >= 15 is 0 Å². The number of aryl methyl sites for hydroxylation is 1. The van der Waals surface area contributed by atoms with E-state index in [2.05, 4.69) is 46.4 Å². The number of rotatable bonds is 3. The Bertz CT molecular complexity index is 515. The first-order chi connectivity index (χ1) is 10.8. The van der Waals surface area contributed by atoms with Crippen molar-refractivity contribution in [1.82, 2.24) is 10.2 Å². The molecule has 0 spiro atoms. The van der Waals surface area contributed by atoms with E-state index in [1.807, 2.05) is 7.05 Å². The summed E-state index contributed by atoms with van der Waals surface area (Å²) in [6.45, 7) is 5.52. The fraction of sp³-hybridized carbons (Fsp3) is 0.632. The maximum atomic E-state index is 4.51. The lowest BCUT2D eigenvalue weighted by Gasteiger charge is -2.22. The first-order valence-electron chi connectivity index (χ1n) is 8.77. The van der Waals surface area contributed by atoms with E-state index in [0.717, 1.165) is 30.8 Å². The van der Waals surface area contributed by atoms with Gasteiger partial charge in [0.1, 0.15) is 0 Å². The number of fused-ring (bicyclic) bond motifs is 1. The zero-order valence-corrected chi connectivity index (χ0v) is 16.8. The van der Waals surface area contributed by atoms with Gasteiger partial charge in [0.2, 0.25) is 0 Å². The molecule has 1 N–H and O–H groups in total. The second-order valence-electron chi connectivity index (χ2n) is 6.92. The molecule has 3 rings (SSSR count). The van der Waals surface area contributed by atoms with Crippen LogP contribution in [0.2, 0.25) is 0 Å². The number of nitrogens with zero attached hydrogens (tertiary/aromatic N) is 2. The fourth-order valence-electron chi connectivity index (χ4n) is 4.10. The van der Waals surface area contributed by atoms with Crippen molar-refractivity contribution in [1.29, 1.82) is 0 Å². The minimum absolute atomic E-state index is 0. The van der Waals surface area contributed by atoms with Crippen molar-refractivity contribution < 1.29 is 0 Å². The lowest BCUT2D eigenvalue weighted by Crippen LogP contribution is -2.41. The Hall–Kier alpha value is -0.780. The largest absolute Gasteiger partial charge is 0.356 e. The Morgan fingerprint density at radius 3 is 2.52 bits per heavy atom. The van der Waals surface area contributed by atoms with Crippen molar-refractivity contribution in [2.75, 3.05) is 26.7 Å². The summed E-state index contributed by atoms with van der Waals surface area (Å²) in [5, 5.41) is 3.56. The average Bonchev–Trinajstić information content (AvgIpc) is 2.95. The number of nitrogens with one attached hydrogen (secondary N) is 1. The Balaban J connectivity index is 0.00000192. The van der Waals surface area contributed by atoms with Crippen LogP contribution < -0.4 is 5.32 Å². The summed E-state index contributed by atoms with van der Waals surface area (Å²) in [5.41, 5.74) is 2.74. The van der Waals surface area contributed by atoms with Crippen LogP contribution >= 0.6 is 24.0 Å². The van der Waals surface area contributed by atoms with Gasteiger partial charge in [-0.15, -0.1) is 24.0 Å². The molecular weight excluding hydrogens is 397 g/mol. The molecule has 1 saturated heterocycles. The molecular formula is C19H30IN3. The van der Waals surface area contributed by atoms with E-state index in [1.165, 1.54) is 49.9 Å². The van der Waals surface area contributed by atoms with Gasteiger partial charge in [0.15, 0.2) is 5.96 Å². The van der Waals surface area contributed by atoms with Gasteiger partial charge in [-0.1, -0.05) is 42.7 Å². The molecule has 1 aliphatic carbocycles. The van der Waals surface area contributed by atoms with Gasteiger partial charge < -0.3 is 10.2 Å². The third-order valence-electron chi connectivity index (χ3n) is 5.27. The normalized spacial score (nSPS) is 24.1. The molecule has 128 valence electrons. The molecule has 1 aromatic rings. The lowest BCUT2D eigenvalue weighted by atomic mass is 9.82. The van der Waals surface area contributed by atoms with Crippen LogP contribution in [0.4, 0.5) is 0 Å². The van der Waals surface area contributed by atoms with Gasteiger partial charge in [0, 0.05) is 26.7 Å². The van der Waals surface area contributed by atoms with Gasteiger partial charge in [-0.05, 0) is 43.6 Å². The van der Waals surface area contributed by atoms with Crippen LogP contribution in [-0.2, 0) is 6.42 Å². The molecule has 2 unspecified atom stereocenters. The Labute approximate surface area is 158 Å². The third-order valence-corrected chi connectivity index (χ3v) is 5.27. The molecule has 2 fully saturated rings. The first kappa shape index (κ1) is 18.6. The SMILES string of the molecule is CN=C(NCCc1cccc(C)c1)N1CC2CCCCC2C1.I. The van der Waals surface area contributed by atoms with Crippen molar-refractivity contribution in [2.45, 2.75) is 39.0 Å². The highest BCUT2D eigenvalue weighted by Gasteiger charge is 2.35. The van der Waals surface area contributed by atoms with Gasteiger partial charge in [-0.25, -0.2) is 0 Å². The Morgan fingerprint density at radius 2 is 1.91 bits per heavy atom. The predicted molar refractivity (Wildman–Crippen MR) is 109 cm³/mol. The summed E-state index contributed by atoms with van der Waals surface area (Å²) >= 11 is 0. The highest BCUT2D eigenvalue weighted by Crippen LogP contribution is 2.35. The molecule has 0 amide bonds. The van der Waals surface area contributed by atoms with Crippen LogP contribution in [0.5, 0.6) is 0 Å². The van der Waals surface area contributed by atoms with Crippen molar-refractivity contribution >= 4 is 29.9 Å². The van der Waals surface area contributed by atoms with Crippen molar-refractivity contribution in [3.63, 3.8) is 0 Å². The zero-order chi connectivity index (χ0) is 15.4. The highest BCUT2D eigenvalue weighted by molar-refractivity contribution is 14.0. The van der Waals surface area contributed by atoms with Crippen LogP contribution in [0.15, 0.2) is 29.3 Å². The quantitative estimate of drug-likeness (QED) is 0.451.